The van der Waals surface area contributed by atoms with E-state index in [0.717, 1.165) is 18.6 Å². The van der Waals surface area contributed by atoms with Crippen molar-refractivity contribution in [3.8, 4) is 5.75 Å². The molecule has 0 aliphatic carbocycles. The van der Waals surface area contributed by atoms with Crippen LogP contribution in [0.3, 0.4) is 0 Å². The van der Waals surface area contributed by atoms with Crippen molar-refractivity contribution in [3.63, 3.8) is 0 Å². The molecule has 0 spiro atoms. The van der Waals surface area contributed by atoms with Gasteiger partial charge < -0.3 is 10.5 Å². The molecule has 0 fully saturated rings. The quantitative estimate of drug-likeness (QED) is 0.832. The monoisotopic (exact) mass is 249 g/mol. The number of nitrogens with two attached hydrogens (primary N) is 1. The first-order chi connectivity index (χ1) is 8.40. The first-order valence-corrected chi connectivity index (χ1v) is 6.79. The summed E-state index contributed by atoms with van der Waals surface area (Å²) in [6.07, 6.45) is 4.50. The molecule has 0 aromatic heterocycles. The molecule has 2 nitrogen and oxygen atoms in total. The zero-order valence-electron chi connectivity index (χ0n) is 12.2. The van der Waals surface area contributed by atoms with E-state index in [9.17, 15) is 0 Å². The van der Waals surface area contributed by atoms with Crippen LogP contribution in [0.4, 0.5) is 0 Å². The number of benzene rings is 1. The lowest BCUT2D eigenvalue weighted by Gasteiger charge is -2.19. The highest BCUT2D eigenvalue weighted by molar-refractivity contribution is 5.27. The average Bonchev–Trinajstić information content (AvgIpc) is 2.28. The average molecular weight is 249 g/mol. The van der Waals surface area contributed by atoms with Gasteiger partial charge in [0.15, 0.2) is 0 Å². The molecule has 0 aliphatic heterocycles. The van der Waals surface area contributed by atoms with Gasteiger partial charge in [-0.25, -0.2) is 0 Å². The second-order valence-corrected chi connectivity index (χ2v) is 6.27. The summed E-state index contributed by atoms with van der Waals surface area (Å²) in [5.74, 6) is 0.903. The van der Waals surface area contributed by atoms with Crippen molar-refractivity contribution in [2.24, 2.45) is 11.1 Å². The fraction of sp³-hybridized carbons (Fsp3) is 0.625. The molecule has 1 unspecified atom stereocenters. The SMILES string of the molecule is COc1ccc(CC(N)CCCC(C)(C)C)cc1. The summed E-state index contributed by atoms with van der Waals surface area (Å²) in [4.78, 5) is 0. The maximum atomic E-state index is 6.17. The van der Waals surface area contributed by atoms with Gasteiger partial charge in [-0.2, -0.15) is 0 Å². The Morgan fingerprint density at radius 2 is 1.78 bits per heavy atom. The summed E-state index contributed by atoms with van der Waals surface area (Å²) in [7, 11) is 1.69. The van der Waals surface area contributed by atoms with E-state index in [-0.39, 0.29) is 6.04 Å². The second-order valence-electron chi connectivity index (χ2n) is 6.27. The molecule has 0 saturated heterocycles. The van der Waals surface area contributed by atoms with Gasteiger partial charge in [0.2, 0.25) is 0 Å². The van der Waals surface area contributed by atoms with Gasteiger partial charge in [-0.1, -0.05) is 39.3 Å². The molecular weight excluding hydrogens is 222 g/mol. The van der Waals surface area contributed by atoms with Gasteiger partial charge in [-0.15, -0.1) is 0 Å². The lowest BCUT2D eigenvalue weighted by Crippen LogP contribution is -2.23. The van der Waals surface area contributed by atoms with Crippen molar-refractivity contribution in [3.05, 3.63) is 29.8 Å². The molecular formula is C16H27NO. The molecule has 0 saturated carbocycles. The fourth-order valence-corrected chi connectivity index (χ4v) is 2.06. The molecule has 1 atom stereocenters. The van der Waals surface area contributed by atoms with Crippen molar-refractivity contribution in [2.75, 3.05) is 7.11 Å². The summed E-state index contributed by atoms with van der Waals surface area (Å²) in [5.41, 5.74) is 7.88. The minimum Gasteiger partial charge on any atom is -0.497 e. The van der Waals surface area contributed by atoms with Crippen LogP contribution in [0.2, 0.25) is 0 Å². The van der Waals surface area contributed by atoms with Crippen LogP contribution in [0.15, 0.2) is 24.3 Å². The van der Waals surface area contributed by atoms with Crippen molar-refractivity contribution >= 4 is 0 Å². The van der Waals surface area contributed by atoms with Crippen LogP contribution in [0.5, 0.6) is 5.75 Å². The molecule has 1 aromatic carbocycles. The third-order valence-electron chi connectivity index (χ3n) is 3.16. The first-order valence-electron chi connectivity index (χ1n) is 6.79. The number of methoxy groups -OCH3 is 1. The molecule has 2 heteroatoms. The van der Waals surface area contributed by atoms with E-state index in [1.807, 2.05) is 12.1 Å². The second kappa shape index (κ2) is 6.79. The minimum absolute atomic E-state index is 0.265. The van der Waals surface area contributed by atoms with Crippen LogP contribution in [0, 0.1) is 5.41 Å². The lowest BCUT2D eigenvalue weighted by atomic mass is 9.88. The molecule has 0 bridgehead atoms. The summed E-state index contributed by atoms with van der Waals surface area (Å²) in [6, 6.07) is 8.46. The fourth-order valence-electron chi connectivity index (χ4n) is 2.06. The van der Waals surface area contributed by atoms with Crippen LogP contribution in [0.1, 0.15) is 45.6 Å². The van der Waals surface area contributed by atoms with Gasteiger partial charge >= 0.3 is 0 Å². The zero-order valence-corrected chi connectivity index (χ0v) is 12.2. The first kappa shape index (κ1) is 15.0. The van der Waals surface area contributed by atoms with Gasteiger partial charge in [0.1, 0.15) is 5.75 Å². The van der Waals surface area contributed by atoms with E-state index in [2.05, 4.69) is 32.9 Å². The van der Waals surface area contributed by atoms with Crippen LogP contribution in [0.25, 0.3) is 0 Å². The summed E-state index contributed by atoms with van der Waals surface area (Å²) >= 11 is 0. The van der Waals surface area contributed by atoms with Crippen molar-refractivity contribution in [2.45, 2.75) is 52.5 Å². The van der Waals surface area contributed by atoms with Crippen LogP contribution >= 0.6 is 0 Å². The lowest BCUT2D eigenvalue weighted by molar-refractivity contribution is 0.352. The van der Waals surface area contributed by atoms with E-state index < -0.39 is 0 Å². The number of ether oxygens (including phenoxy) is 1. The highest BCUT2D eigenvalue weighted by Gasteiger charge is 2.11. The summed E-state index contributed by atoms with van der Waals surface area (Å²) in [5, 5.41) is 0. The number of hydrogen-bond acceptors (Lipinski definition) is 2. The third kappa shape index (κ3) is 6.06. The van der Waals surface area contributed by atoms with E-state index in [4.69, 9.17) is 10.5 Å². The van der Waals surface area contributed by atoms with Crippen molar-refractivity contribution in [1.82, 2.24) is 0 Å². The smallest absolute Gasteiger partial charge is 0.118 e. The highest BCUT2D eigenvalue weighted by Crippen LogP contribution is 2.22. The Balaban J connectivity index is 2.32. The molecule has 18 heavy (non-hydrogen) atoms. The maximum Gasteiger partial charge on any atom is 0.118 e. The molecule has 1 rings (SSSR count). The zero-order chi connectivity index (χ0) is 13.6. The minimum atomic E-state index is 0.265. The topological polar surface area (TPSA) is 35.2 Å². The van der Waals surface area contributed by atoms with Gasteiger partial charge in [0.25, 0.3) is 0 Å². The normalized spacial score (nSPS) is 13.4. The molecule has 0 heterocycles. The Kier molecular flexibility index (Phi) is 5.67. The highest BCUT2D eigenvalue weighted by atomic mass is 16.5. The predicted octanol–water partition coefficient (Wildman–Crippen LogP) is 3.78. The van der Waals surface area contributed by atoms with E-state index in [1.54, 1.807) is 7.11 Å². The Morgan fingerprint density at radius 3 is 2.28 bits per heavy atom. The molecule has 102 valence electrons. The largest absolute Gasteiger partial charge is 0.497 e. The van der Waals surface area contributed by atoms with Gasteiger partial charge in [-0.3, -0.25) is 0 Å². The van der Waals surface area contributed by atoms with Crippen molar-refractivity contribution in [1.29, 1.82) is 0 Å². The molecule has 0 radical (unpaired) electrons. The number of rotatable bonds is 6. The Morgan fingerprint density at radius 1 is 1.17 bits per heavy atom. The molecule has 0 amide bonds. The summed E-state index contributed by atoms with van der Waals surface area (Å²) < 4.78 is 5.15. The number of hydrogen-bond donors (Lipinski definition) is 1. The Labute approximate surface area is 112 Å². The van der Waals surface area contributed by atoms with Crippen LogP contribution in [-0.2, 0) is 6.42 Å². The predicted molar refractivity (Wildman–Crippen MR) is 78.0 cm³/mol. The molecule has 2 N–H and O–H groups in total. The van der Waals surface area contributed by atoms with Gasteiger partial charge in [0.05, 0.1) is 7.11 Å². The van der Waals surface area contributed by atoms with Crippen molar-refractivity contribution < 1.29 is 4.74 Å². The third-order valence-corrected chi connectivity index (χ3v) is 3.16. The van der Waals surface area contributed by atoms with Crippen LogP contribution < -0.4 is 10.5 Å². The van der Waals surface area contributed by atoms with E-state index >= 15 is 0 Å². The molecule has 1 aromatic rings. The Bertz CT molecular complexity index is 337. The van der Waals surface area contributed by atoms with Gasteiger partial charge in [-0.05, 0) is 42.4 Å². The Hall–Kier alpha value is -1.02. The van der Waals surface area contributed by atoms with E-state index in [0.29, 0.717) is 5.41 Å². The maximum absolute atomic E-state index is 6.17. The van der Waals surface area contributed by atoms with E-state index in [1.165, 1.54) is 18.4 Å². The summed E-state index contributed by atoms with van der Waals surface area (Å²) in [6.45, 7) is 6.84. The van der Waals surface area contributed by atoms with Crippen LogP contribution in [-0.4, -0.2) is 13.2 Å². The molecule has 0 aliphatic rings. The van der Waals surface area contributed by atoms with Gasteiger partial charge in [0, 0.05) is 6.04 Å². The standard InChI is InChI=1S/C16H27NO/c1-16(2,3)11-5-6-14(17)12-13-7-9-15(18-4)10-8-13/h7-10,14H,5-6,11-12,17H2,1-4H3.